The van der Waals surface area contributed by atoms with Crippen molar-refractivity contribution in [2.24, 2.45) is 17.8 Å². The second-order valence-corrected chi connectivity index (χ2v) is 7.04. The molecule has 0 atom stereocenters. The molecule has 24 heavy (non-hydrogen) atoms. The largest absolute Gasteiger partial charge is 0.358 e. The van der Waals surface area contributed by atoms with Gasteiger partial charge in [0.15, 0.2) is 0 Å². The Morgan fingerprint density at radius 1 is 0.792 bits per heavy atom. The SMILES string of the molecule is [CH3-].[CH3-].[Y].[Y].[c-]1ccc(CC2CCC(CC3CC[CH-]CC3)CC2)cc1. The summed E-state index contributed by atoms with van der Waals surface area (Å²) >= 11 is 0. The fourth-order valence-corrected chi connectivity index (χ4v) is 4.27. The van der Waals surface area contributed by atoms with Crippen LogP contribution in [-0.2, 0) is 71.8 Å². The summed E-state index contributed by atoms with van der Waals surface area (Å²) in [7, 11) is 0. The topological polar surface area (TPSA) is 0 Å². The van der Waals surface area contributed by atoms with Crippen LogP contribution in [0.25, 0.3) is 0 Å². The molecule has 0 aliphatic heterocycles. The van der Waals surface area contributed by atoms with Crippen molar-refractivity contribution in [1.29, 1.82) is 0 Å². The summed E-state index contributed by atoms with van der Waals surface area (Å²) < 4.78 is 0. The minimum atomic E-state index is 0. The standard InChI is InChI=1S/C20H28.2CH3.2Y/c1-3-7-17(8-4-1)15-19-11-13-20(14-12-19)16-18-9-5-2-6-10-18;;;;/h1,5-6,9-10,17,19-20H,3-4,7-8,11-16H2;2*1H3;;/q-2;2*-1;;. The summed E-state index contributed by atoms with van der Waals surface area (Å²) in [6.45, 7) is 0. The van der Waals surface area contributed by atoms with Gasteiger partial charge in [0.1, 0.15) is 0 Å². The van der Waals surface area contributed by atoms with Crippen molar-refractivity contribution >= 4 is 0 Å². The van der Waals surface area contributed by atoms with E-state index in [0.717, 1.165) is 17.8 Å². The first-order valence-electron chi connectivity index (χ1n) is 8.67. The van der Waals surface area contributed by atoms with Crippen molar-refractivity contribution in [2.75, 3.05) is 0 Å². The number of hydrogen-bond acceptors (Lipinski definition) is 0. The van der Waals surface area contributed by atoms with Crippen LogP contribution in [0.15, 0.2) is 24.3 Å². The van der Waals surface area contributed by atoms with Crippen LogP contribution in [0.2, 0.25) is 0 Å². The Morgan fingerprint density at radius 3 is 1.88 bits per heavy atom. The van der Waals surface area contributed by atoms with Crippen molar-refractivity contribution in [2.45, 2.75) is 64.2 Å². The first-order chi connectivity index (χ1) is 9.90. The van der Waals surface area contributed by atoms with Gasteiger partial charge in [-0.05, 0) is 43.4 Å². The second-order valence-electron chi connectivity index (χ2n) is 7.04. The number of hydrogen-bond donors (Lipinski definition) is 0. The molecule has 0 heterocycles. The van der Waals surface area contributed by atoms with Gasteiger partial charge in [0, 0.05) is 65.4 Å². The average Bonchev–Trinajstić information content (AvgIpc) is 2.51. The molecule has 0 nitrogen and oxygen atoms in total. The van der Waals surface area contributed by atoms with E-state index in [4.69, 9.17) is 0 Å². The predicted molar refractivity (Wildman–Crippen MR) is 98.1 cm³/mol. The molecule has 0 bridgehead atoms. The van der Waals surface area contributed by atoms with Gasteiger partial charge in [0.25, 0.3) is 0 Å². The maximum Gasteiger partial charge on any atom is 0 e. The predicted octanol–water partition coefficient (Wildman–Crippen LogP) is 6.52. The molecule has 2 aliphatic rings. The fourth-order valence-electron chi connectivity index (χ4n) is 4.27. The quantitative estimate of drug-likeness (QED) is 0.435. The van der Waals surface area contributed by atoms with Crippen LogP contribution in [0.3, 0.4) is 0 Å². The Balaban J connectivity index is 0. The summed E-state index contributed by atoms with van der Waals surface area (Å²) in [5.74, 6) is 3.03. The van der Waals surface area contributed by atoms with E-state index in [1.54, 1.807) is 0 Å². The van der Waals surface area contributed by atoms with Crippen LogP contribution in [0.5, 0.6) is 0 Å². The number of rotatable bonds is 4. The van der Waals surface area contributed by atoms with Gasteiger partial charge in [-0.1, -0.05) is 25.7 Å². The molecule has 2 saturated carbocycles. The first-order valence-corrected chi connectivity index (χ1v) is 8.67. The van der Waals surface area contributed by atoms with E-state index in [1.165, 1.54) is 69.8 Å². The third kappa shape index (κ3) is 9.39. The summed E-state index contributed by atoms with van der Waals surface area (Å²) in [6.07, 6.45) is 16.9. The Kier molecular flexibility index (Phi) is 17.8. The van der Waals surface area contributed by atoms with Crippen molar-refractivity contribution in [3.63, 3.8) is 0 Å². The van der Waals surface area contributed by atoms with E-state index in [2.05, 4.69) is 36.8 Å². The van der Waals surface area contributed by atoms with Crippen molar-refractivity contribution < 1.29 is 65.4 Å². The van der Waals surface area contributed by atoms with E-state index >= 15 is 0 Å². The molecule has 0 saturated heterocycles. The van der Waals surface area contributed by atoms with Crippen LogP contribution in [-0.4, -0.2) is 0 Å². The van der Waals surface area contributed by atoms with Gasteiger partial charge < -0.3 is 21.3 Å². The molecule has 2 radical (unpaired) electrons. The van der Waals surface area contributed by atoms with Crippen molar-refractivity contribution in [3.05, 3.63) is 57.2 Å². The molecule has 1 aromatic carbocycles. The molecular formula is C22H34Y2-4. The summed E-state index contributed by atoms with van der Waals surface area (Å²) in [6, 6.07) is 11.7. The molecule has 2 aliphatic carbocycles. The molecule has 1 aromatic rings. The Bertz CT molecular complexity index is 376. The maximum absolute atomic E-state index is 3.12. The zero-order valence-electron chi connectivity index (χ0n) is 15.8. The van der Waals surface area contributed by atoms with Gasteiger partial charge in [0.05, 0.1) is 0 Å². The van der Waals surface area contributed by atoms with Gasteiger partial charge in [-0.25, -0.2) is 0 Å². The maximum atomic E-state index is 3.12. The normalized spacial score (nSPS) is 23.7. The molecule has 2 heteroatoms. The molecule has 3 rings (SSSR count). The van der Waals surface area contributed by atoms with Gasteiger partial charge in [-0.3, -0.25) is 0 Å². The summed E-state index contributed by atoms with van der Waals surface area (Å²) in [5, 5.41) is 0. The molecule has 0 aromatic heterocycles. The Morgan fingerprint density at radius 2 is 1.29 bits per heavy atom. The Hall–Kier alpha value is 1.43. The molecule has 0 amide bonds. The average molecular weight is 476 g/mol. The minimum Gasteiger partial charge on any atom is -0.358 e. The molecular weight excluding hydrogens is 442 g/mol. The van der Waals surface area contributed by atoms with E-state index in [1.807, 2.05) is 0 Å². The van der Waals surface area contributed by atoms with Crippen molar-refractivity contribution in [1.82, 2.24) is 0 Å². The van der Waals surface area contributed by atoms with Crippen LogP contribution in [0.1, 0.15) is 63.4 Å². The van der Waals surface area contributed by atoms with E-state index in [9.17, 15) is 0 Å². The monoisotopic (exact) mass is 476 g/mol. The molecule has 0 spiro atoms. The van der Waals surface area contributed by atoms with Crippen LogP contribution >= 0.6 is 0 Å². The van der Waals surface area contributed by atoms with E-state index in [-0.39, 0.29) is 80.3 Å². The zero-order chi connectivity index (χ0) is 13.6. The van der Waals surface area contributed by atoms with E-state index in [0.29, 0.717) is 0 Å². The molecule has 0 unspecified atom stereocenters. The Labute approximate surface area is 202 Å². The van der Waals surface area contributed by atoms with Gasteiger partial charge >= 0.3 is 0 Å². The third-order valence-electron chi connectivity index (χ3n) is 5.50. The van der Waals surface area contributed by atoms with Crippen LogP contribution in [0, 0.1) is 45.1 Å². The smallest absolute Gasteiger partial charge is 0 e. The van der Waals surface area contributed by atoms with Crippen molar-refractivity contribution in [3.8, 4) is 0 Å². The van der Waals surface area contributed by atoms with Gasteiger partial charge in [-0.15, -0.1) is 0 Å². The summed E-state index contributed by atoms with van der Waals surface area (Å²) in [5.41, 5.74) is 1.51. The second kappa shape index (κ2) is 15.5. The molecule has 2 fully saturated rings. The first kappa shape index (κ1) is 27.6. The zero-order valence-corrected chi connectivity index (χ0v) is 21.5. The number of benzene rings is 1. The van der Waals surface area contributed by atoms with E-state index < -0.39 is 0 Å². The molecule has 132 valence electrons. The third-order valence-corrected chi connectivity index (χ3v) is 5.50. The summed E-state index contributed by atoms with van der Waals surface area (Å²) in [4.78, 5) is 0. The fraction of sp³-hybridized carbons (Fsp3) is 0.591. The molecule has 0 N–H and O–H groups in total. The van der Waals surface area contributed by atoms with Crippen LogP contribution < -0.4 is 0 Å². The van der Waals surface area contributed by atoms with Gasteiger partial charge in [-0.2, -0.15) is 48.7 Å². The van der Waals surface area contributed by atoms with Gasteiger partial charge in [0.2, 0.25) is 0 Å². The van der Waals surface area contributed by atoms with Crippen LogP contribution in [0.4, 0.5) is 0 Å². The minimum absolute atomic E-state index is 0.